The molecule has 1 N–H and O–H groups in total. The Morgan fingerprint density at radius 3 is 2.95 bits per heavy atom. The summed E-state index contributed by atoms with van der Waals surface area (Å²) < 4.78 is 2.44. The van der Waals surface area contributed by atoms with Gasteiger partial charge < -0.3 is 9.88 Å². The zero-order chi connectivity index (χ0) is 13.9. The summed E-state index contributed by atoms with van der Waals surface area (Å²) in [5, 5.41) is 3.63. The van der Waals surface area contributed by atoms with E-state index in [1.54, 1.807) is 0 Å². The van der Waals surface area contributed by atoms with Crippen LogP contribution in [0.1, 0.15) is 56.8 Å². The Kier molecular flexibility index (Phi) is 4.41. The molecule has 2 fully saturated rings. The average molecular weight is 276 g/mol. The predicted molar refractivity (Wildman–Crippen MR) is 81.8 cm³/mol. The quantitative estimate of drug-likeness (QED) is 0.811. The van der Waals surface area contributed by atoms with E-state index in [9.17, 15) is 0 Å². The van der Waals surface area contributed by atoms with Gasteiger partial charge in [0.15, 0.2) is 0 Å². The number of nitrogens with zero attached hydrogens (tertiary/aromatic N) is 3. The molecule has 1 aromatic rings. The van der Waals surface area contributed by atoms with E-state index in [0.717, 1.165) is 25.0 Å². The molecule has 0 spiro atoms. The molecule has 1 aromatic heterocycles. The van der Waals surface area contributed by atoms with Gasteiger partial charge in [-0.3, -0.25) is 4.90 Å². The van der Waals surface area contributed by atoms with Crippen molar-refractivity contribution in [2.24, 2.45) is 5.92 Å². The highest BCUT2D eigenvalue weighted by Crippen LogP contribution is 2.41. The average Bonchev–Trinajstić information content (AvgIpc) is 3.18. The van der Waals surface area contributed by atoms with E-state index < -0.39 is 0 Å². The smallest absolute Gasteiger partial charge is 0.0951 e. The predicted octanol–water partition coefficient (Wildman–Crippen LogP) is 2.60. The summed E-state index contributed by atoms with van der Waals surface area (Å²) in [5.41, 5.74) is 1.44. The maximum Gasteiger partial charge on any atom is 0.0951 e. The van der Waals surface area contributed by atoms with Gasteiger partial charge >= 0.3 is 0 Å². The van der Waals surface area contributed by atoms with E-state index in [0.29, 0.717) is 6.04 Å². The Labute approximate surface area is 122 Å². The number of piperidine rings is 1. The van der Waals surface area contributed by atoms with Crippen molar-refractivity contribution in [1.29, 1.82) is 0 Å². The fraction of sp³-hybridized carbons (Fsp3) is 0.812. The minimum Gasteiger partial charge on any atom is -0.330 e. The van der Waals surface area contributed by atoms with Gasteiger partial charge in [-0.05, 0) is 64.7 Å². The van der Waals surface area contributed by atoms with Crippen LogP contribution in [0, 0.1) is 5.92 Å². The van der Waals surface area contributed by atoms with E-state index in [-0.39, 0.29) is 0 Å². The molecule has 4 heteroatoms. The van der Waals surface area contributed by atoms with Crippen LogP contribution in [-0.2, 0) is 0 Å². The molecule has 3 rings (SSSR count). The maximum atomic E-state index is 4.44. The third-order valence-electron chi connectivity index (χ3n) is 4.78. The van der Waals surface area contributed by atoms with Crippen molar-refractivity contribution >= 4 is 0 Å². The van der Waals surface area contributed by atoms with E-state index >= 15 is 0 Å². The molecular weight excluding hydrogens is 248 g/mol. The van der Waals surface area contributed by atoms with Crippen molar-refractivity contribution < 1.29 is 0 Å². The van der Waals surface area contributed by atoms with Crippen LogP contribution in [0.15, 0.2) is 12.5 Å². The lowest BCUT2D eigenvalue weighted by atomic mass is 9.87. The Morgan fingerprint density at radius 1 is 1.35 bits per heavy atom. The van der Waals surface area contributed by atoms with Crippen molar-refractivity contribution in [3.05, 3.63) is 18.2 Å². The largest absolute Gasteiger partial charge is 0.330 e. The highest BCUT2D eigenvalue weighted by Gasteiger charge is 2.35. The molecule has 0 radical (unpaired) electrons. The van der Waals surface area contributed by atoms with Gasteiger partial charge in [0.2, 0.25) is 0 Å². The van der Waals surface area contributed by atoms with Crippen LogP contribution < -0.4 is 5.32 Å². The van der Waals surface area contributed by atoms with Gasteiger partial charge in [-0.25, -0.2) is 4.98 Å². The number of aromatic nitrogens is 2. The number of nitrogens with one attached hydrogen (secondary N) is 1. The van der Waals surface area contributed by atoms with Crippen LogP contribution in [0.4, 0.5) is 0 Å². The van der Waals surface area contributed by atoms with E-state index in [1.165, 1.54) is 44.3 Å². The lowest BCUT2D eigenvalue weighted by Crippen LogP contribution is -2.41. The van der Waals surface area contributed by atoms with Crippen LogP contribution in [0.3, 0.4) is 0 Å². The molecule has 2 aliphatic rings. The SMILES string of the molecule is CCCNCC1CCCN(C)C1c1cncn1C1CC1. The zero-order valence-corrected chi connectivity index (χ0v) is 12.9. The molecule has 0 aromatic carbocycles. The second-order valence-corrected chi connectivity index (χ2v) is 6.49. The van der Waals surface area contributed by atoms with Crippen molar-refractivity contribution in [2.75, 3.05) is 26.7 Å². The second kappa shape index (κ2) is 6.27. The highest BCUT2D eigenvalue weighted by molar-refractivity contribution is 5.12. The number of imidazole rings is 1. The molecule has 20 heavy (non-hydrogen) atoms. The number of hydrogen-bond donors (Lipinski definition) is 1. The summed E-state index contributed by atoms with van der Waals surface area (Å²) >= 11 is 0. The first-order valence-electron chi connectivity index (χ1n) is 8.24. The minimum atomic E-state index is 0.538. The van der Waals surface area contributed by atoms with Crippen LogP contribution in [0.5, 0.6) is 0 Å². The molecule has 2 heterocycles. The van der Waals surface area contributed by atoms with Gasteiger partial charge in [0.05, 0.1) is 18.1 Å². The monoisotopic (exact) mass is 276 g/mol. The van der Waals surface area contributed by atoms with Crippen molar-refractivity contribution in [3.63, 3.8) is 0 Å². The Bertz CT molecular complexity index is 424. The number of rotatable bonds is 6. The van der Waals surface area contributed by atoms with E-state index in [2.05, 4.69) is 39.9 Å². The van der Waals surface area contributed by atoms with Crippen molar-refractivity contribution in [1.82, 2.24) is 19.8 Å². The lowest BCUT2D eigenvalue weighted by Gasteiger charge is -2.39. The first-order valence-corrected chi connectivity index (χ1v) is 8.24. The molecule has 2 atom stereocenters. The number of hydrogen-bond acceptors (Lipinski definition) is 3. The molecule has 0 bridgehead atoms. The summed E-state index contributed by atoms with van der Waals surface area (Å²) in [6.45, 7) is 5.72. The molecule has 0 amide bonds. The maximum absolute atomic E-state index is 4.44. The number of likely N-dealkylation sites (tertiary alicyclic amines) is 1. The molecule has 1 aliphatic heterocycles. The Morgan fingerprint density at radius 2 is 2.20 bits per heavy atom. The third kappa shape index (κ3) is 2.91. The van der Waals surface area contributed by atoms with Crippen LogP contribution in [0.2, 0.25) is 0 Å². The van der Waals surface area contributed by atoms with Gasteiger partial charge in [-0.1, -0.05) is 6.92 Å². The minimum absolute atomic E-state index is 0.538. The summed E-state index contributed by atoms with van der Waals surface area (Å²) in [4.78, 5) is 6.98. The molecule has 2 unspecified atom stereocenters. The second-order valence-electron chi connectivity index (χ2n) is 6.49. The molecule has 1 saturated carbocycles. The van der Waals surface area contributed by atoms with E-state index in [1.807, 2.05) is 6.33 Å². The Hall–Kier alpha value is -0.870. The molecule has 112 valence electrons. The standard InChI is InChI=1S/C16H28N4/c1-3-8-17-10-13-5-4-9-19(2)16(13)15-11-18-12-20(15)14-6-7-14/h11-14,16-17H,3-10H2,1-2H3. The Balaban J connectivity index is 1.76. The third-order valence-corrected chi connectivity index (χ3v) is 4.78. The fourth-order valence-corrected chi connectivity index (χ4v) is 3.61. The zero-order valence-electron chi connectivity index (χ0n) is 12.9. The van der Waals surface area contributed by atoms with Crippen molar-refractivity contribution in [2.45, 2.75) is 51.1 Å². The van der Waals surface area contributed by atoms with Gasteiger partial charge in [0.25, 0.3) is 0 Å². The first-order chi connectivity index (χ1) is 9.81. The summed E-state index contributed by atoms with van der Waals surface area (Å²) in [5.74, 6) is 0.717. The molecule has 4 nitrogen and oxygen atoms in total. The van der Waals surface area contributed by atoms with Gasteiger partial charge in [-0.2, -0.15) is 0 Å². The van der Waals surface area contributed by atoms with Crippen LogP contribution in [0.25, 0.3) is 0 Å². The highest BCUT2D eigenvalue weighted by atomic mass is 15.2. The van der Waals surface area contributed by atoms with Gasteiger partial charge in [0, 0.05) is 12.2 Å². The topological polar surface area (TPSA) is 33.1 Å². The van der Waals surface area contributed by atoms with E-state index in [4.69, 9.17) is 0 Å². The van der Waals surface area contributed by atoms with Crippen LogP contribution >= 0.6 is 0 Å². The molecule has 1 saturated heterocycles. The first kappa shape index (κ1) is 14.1. The fourth-order valence-electron chi connectivity index (χ4n) is 3.61. The van der Waals surface area contributed by atoms with Crippen LogP contribution in [-0.4, -0.2) is 41.1 Å². The summed E-state index contributed by atoms with van der Waals surface area (Å²) in [7, 11) is 2.28. The summed E-state index contributed by atoms with van der Waals surface area (Å²) in [6, 6.07) is 1.27. The molecule has 1 aliphatic carbocycles. The molecular formula is C16H28N4. The normalized spacial score (nSPS) is 27.9. The summed E-state index contributed by atoms with van der Waals surface area (Å²) in [6.07, 6.45) is 10.7. The van der Waals surface area contributed by atoms with Crippen molar-refractivity contribution in [3.8, 4) is 0 Å². The van der Waals surface area contributed by atoms with Gasteiger partial charge in [0.1, 0.15) is 0 Å². The lowest BCUT2D eigenvalue weighted by molar-refractivity contribution is 0.113. The van der Waals surface area contributed by atoms with Gasteiger partial charge in [-0.15, -0.1) is 0 Å².